The maximum absolute atomic E-state index is 13.1. The third kappa shape index (κ3) is 5.94. The molecule has 1 amide bonds. The van der Waals surface area contributed by atoms with E-state index < -0.39 is 10.2 Å². The van der Waals surface area contributed by atoms with E-state index in [4.69, 9.17) is 11.6 Å². The number of benzene rings is 1. The smallest absolute Gasteiger partial charge is 0.282 e. The molecule has 1 N–H and O–H groups in total. The van der Waals surface area contributed by atoms with Crippen LogP contribution in [0.4, 0.5) is 0 Å². The average molecular weight is 442 g/mol. The number of nitrogens with zero attached hydrogens (tertiary/aromatic N) is 2. The molecule has 0 saturated carbocycles. The monoisotopic (exact) mass is 441 g/mol. The van der Waals surface area contributed by atoms with Gasteiger partial charge >= 0.3 is 0 Å². The maximum atomic E-state index is 13.1. The second kappa shape index (κ2) is 9.77. The first-order chi connectivity index (χ1) is 13.8. The Morgan fingerprint density at radius 1 is 1.10 bits per heavy atom. The van der Waals surface area contributed by atoms with Gasteiger partial charge in [-0.1, -0.05) is 37.6 Å². The molecule has 0 aliphatic carbocycles. The quantitative estimate of drug-likeness (QED) is 0.737. The summed E-state index contributed by atoms with van der Waals surface area (Å²) in [5.74, 6) is 0.387. The summed E-state index contributed by atoms with van der Waals surface area (Å²) in [6.07, 6.45) is 3.23. The Kier molecular flexibility index (Phi) is 7.59. The molecule has 1 aromatic carbocycles. The summed E-state index contributed by atoms with van der Waals surface area (Å²) < 4.78 is 29.4. The number of rotatable bonds is 6. The Morgan fingerprint density at radius 2 is 1.76 bits per heavy atom. The van der Waals surface area contributed by atoms with Crippen LogP contribution in [0.2, 0.25) is 5.02 Å². The molecule has 8 heteroatoms. The molecule has 3 atom stereocenters. The molecular weight excluding hydrogens is 410 g/mol. The van der Waals surface area contributed by atoms with Gasteiger partial charge in [-0.2, -0.15) is 17.0 Å². The van der Waals surface area contributed by atoms with Gasteiger partial charge in [-0.3, -0.25) is 4.79 Å². The summed E-state index contributed by atoms with van der Waals surface area (Å²) in [4.78, 5) is 12.6. The van der Waals surface area contributed by atoms with Crippen LogP contribution in [0, 0.1) is 17.8 Å². The predicted molar refractivity (Wildman–Crippen MR) is 116 cm³/mol. The maximum Gasteiger partial charge on any atom is 0.282 e. The summed E-state index contributed by atoms with van der Waals surface area (Å²) in [5.41, 5.74) is 1.11. The van der Waals surface area contributed by atoms with Gasteiger partial charge in [0.05, 0.1) is 5.92 Å². The lowest BCUT2D eigenvalue weighted by Crippen LogP contribution is -2.53. The first-order valence-corrected chi connectivity index (χ1v) is 12.3. The van der Waals surface area contributed by atoms with Crippen LogP contribution in [0.1, 0.15) is 38.7 Å². The van der Waals surface area contributed by atoms with E-state index in [9.17, 15) is 13.2 Å². The van der Waals surface area contributed by atoms with Crippen LogP contribution in [-0.4, -0.2) is 55.7 Å². The van der Waals surface area contributed by atoms with Crippen LogP contribution in [-0.2, 0) is 21.4 Å². The highest BCUT2D eigenvalue weighted by molar-refractivity contribution is 7.86. The van der Waals surface area contributed by atoms with E-state index >= 15 is 0 Å². The van der Waals surface area contributed by atoms with Crippen LogP contribution in [0.3, 0.4) is 0 Å². The fourth-order valence-corrected chi connectivity index (χ4v) is 6.52. The van der Waals surface area contributed by atoms with E-state index in [2.05, 4.69) is 19.2 Å². The number of piperidine rings is 2. The van der Waals surface area contributed by atoms with Crippen LogP contribution in [0.25, 0.3) is 0 Å². The van der Waals surface area contributed by atoms with Gasteiger partial charge in [-0.05, 0) is 55.2 Å². The van der Waals surface area contributed by atoms with E-state index in [-0.39, 0.29) is 18.4 Å². The standard InChI is InChI=1S/C21H32ClN3O3S/c1-16-12-17(2)14-25(13-16)29(27,28)24-11-3-4-19(15-24)21(26)23-10-9-18-5-7-20(22)8-6-18/h5-8,16-17,19H,3-4,9-15H2,1-2H3,(H,23,26)/t16-,17+,19-/m0/s1. The topological polar surface area (TPSA) is 69.7 Å². The lowest BCUT2D eigenvalue weighted by Gasteiger charge is -2.39. The fourth-order valence-electron chi connectivity index (χ4n) is 4.45. The molecular formula is C21H32ClN3O3S. The first kappa shape index (κ1) is 22.5. The molecule has 0 spiro atoms. The van der Waals surface area contributed by atoms with Crippen LogP contribution in [0.5, 0.6) is 0 Å². The molecule has 162 valence electrons. The van der Waals surface area contributed by atoms with Crippen LogP contribution < -0.4 is 5.32 Å². The minimum Gasteiger partial charge on any atom is -0.355 e. The van der Waals surface area contributed by atoms with Gasteiger partial charge in [0.2, 0.25) is 5.91 Å². The third-order valence-electron chi connectivity index (χ3n) is 5.87. The van der Waals surface area contributed by atoms with Gasteiger partial charge in [0.25, 0.3) is 10.2 Å². The second-order valence-corrected chi connectivity index (χ2v) is 11.0. The summed E-state index contributed by atoms with van der Waals surface area (Å²) in [7, 11) is -3.51. The molecule has 6 nitrogen and oxygen atoms in total. The molecule has 2 saturated heterocycles. The SMILES string of the molecule is C[C@@H]1C[C@H](C)CN(S(=O)(=O)N2CCC[C@H](C(=O)NCCc3ccc(Cl)cc3)C2)C1. The van der Waals surface area contributed by atoms with Crippen molar-refractivity contribution in [2.75, 3.05) is 32.7 Å². The molecule has 0 bridgehead atoms. The lowest BCUT2D eigenvalue weighted by atomic mass is 9.94. The highest BCUT2D eigenvalue weighted by Crippen LogP contribution is 2.27. The zero-order valence-electron chi connectivity index (χ0n) is 17.3. The van der Waals surface area contributed by atoms with E-state index in [1.54, 1.807) is 4.31 Å². The molecule has 0 aromatic heterocycles. The molecule has 2 aliphatic heterocycles. The number of hydrogen-bond acceptors (Lipinski definition) is 3. The van der Waals surface area contributed by atoms with E-state index in [0.717, 1.165) is 24.8 Å². The van der Waals surface area contributed by atoms with Gasteiger partial charge in [0.1, 0.15) is 0 Å². The van der Waals surface area contributed by atoms with Gasteiger partial charge in [-0.25, -0.2) is 0 Å². The van der Waals surface area contributed by atoms with Crippen molar-refractivity contribution in [1.29, 1.82) is 0 Å². The zero-order chi connectivity index (χ0) is 21.0. The zero-order valence-corrected chi connectivity index (χ0v) is 18.9. The van der Waals surface area contributed by atoms with Crippen molar-refractivity contribution in [3.05, 3.63) is 34.9 Å². The van der Waals surface area contributed by atoms with Gasteiger partial charge in [0.15, 0.2) is 0 Å². The molecule has 2 aliphatic rings. The average Bonchev–Trinajstić information content (AvgIpc) is 2.69. The number of amides is 1. The van der Waals surface area contributed by atoms with Crippen LogP contribution in [0.15, 0.2) is 24.3 Å². The van der Waals surface area contributed by atoms with E-state index in [1.165, 1.54) is 4.31 Å². The number of hydrogen-bond donors (Lipinski definition) is 1. The second-order valence-electron chi connectivity index (χ2n) is 8.64. The van der Waals surface area contributed by atoms with Crippen molar-refractivity contribution >= 4 is 27.7 Å². The number of nitrogens with one attached hydrogen (secondary N) is 1. The molecule has 29 heavy (non-hydrogen) atoms. The van der Waals surface area contributed by atoms with Crippen molar-refractivity contribution in [2.24, 2.45) is 17.8 Å². The molecule has 1 aromatic rings. The summed E-state index contributed by atoms with van der Waals surface area (Å²) in [6.45, 7) is 6.65. The Hall–Kier alpha value is -1.15. The fraction of sp³-hybridized carbons (Fsp3) is 0.667. The Bertz CT molecular complexity index is 790. The molecule has 0 unspecified atom stereocenters. The Labute approximate surface area is 179 Å². The largest absolute Gasteiger partial charge is 0.355 e. The van der Waals surface area contributed by atoms with Crippen molar-refractivity contribution in [3.8, 4) is 0 Å². The van der Waals surface area contributed by atoms with Crippen molar-refractivity contribution in [3.63, 3.8) is 0 Å². The Balaban J connectivity index is 1.53. The Morgan fingerprint density at radius 3 is 2.41 bits per heavy atom. The van der Waals surface area contributed by atoms with Crippen LogP contribution >= 0.6 is 11.6 Å². The molecule has 2 heterocycles. The minimum absolute atomic E-state index is 0.0563. The molecule has 2 fully saturated rings. The highest BCUT2D eigenvalue weighted by atomic mass is 35.5. The summed E-state index contributed by atoms with van der Waals surface area (Å²) in [5, 5.41) is 3.67. The van der Waals surface area contributed by atoms with Crippen molar-refractivity contribution in [2.45, 2.75) is 39.5 Å². The van der Waals surface area contributed by atoms with Gasteiger partial charge in [-0.15, -0.1) is 0 Å². The van der Waals surface area contributed by atoms with Crippen molar-refractivity contribution < 1.29 is 13.2 Å². The molecule has 0 radical (unpaired) electrons. The molecule has 3 rings (SSSR count). The van der Waals surface area contributed by atoms with Crippen molar-refractivity contribution in [1.82, 2.24) is 13.9 Å². The number of carbonyl (C=O) groups excluding carboxylic acids is 1. The minimum atomic E-state index is -3.51. The summed E-state index contributed by atoms with van der Waals surface area (Å²) in [6, 6.07) is 7.57. The lowest BCUT2D eigenvalue weighted by molar-refractivity contribution is -0.126. The normalized spacial score (nSPS) is 26.9. The van der Waals surface area contributed by atoms with E-state index in [1.807, 2.05) is 24.3 Å². The summed E-state index contributed by atoms with van der Waals surface area (Å²) >= 11 is 5.89. The highest BCUT2D eigenvalue weighted by Gasteiger charge is 2.38. The number of halogens is 1. The van der Waals surface area contributed by atoms with Gasteiger partial charge < -0.3 is 5.32 Å². The first-order valence-electron chi connectivity index (χ1n) is 10.5. The third-order valence-corrected chi connectivity index (χ3v) is 8.06. The van der Waals surface area contributed by atoms with Gasteiger partial charge in [0, 0.05) is 37.7 Å². The van der Waals surface area contributed by atoms with E-state index in [0.29, 0.717) is 49.5 Å². The predicted octanol–water partition coefficient (Wildman–Crippen LogP) is 2.93. The number of carbonyl (C=O) groups is 1.